The van der Waals surface area contributed by atoms with Crippen molar-refractivity contribution in [1.29, 1.82) is 5.26 Å². The highest BCUT2D eigenvalue weighted by molar-refractivity contribution is 5.84. The van der Waals surface area contributed by atoms with E-state index in [1.54, 1.807) is 24.8 Å². The second-order valence-corrected chi connectivity index (χ2v) is 2.93. The number of nitrogens with two attached hydrogens (primary N) is 1. The van der Waals surface area contributed by atoms with E-state index in [1.807, 2.05) is 12.1 Å². The molecule has 0 saturated carbocycles. The number of fused-ring (bicyclic) bond motifs is 1. The Morgan fingerprint density at radius 1 is 1.29 bits per heavy atom. The smallest absolute Gasteiger partial charge is 0.120 e. The number of aromatic nitrogens is 2. The first-order chi connectivity index (χ1) is 6.83. The molecule has 2 aromatic heterocycles. The Morgan fingerprint density at radius 3 is 2.86 bits per heavy atom. The lowest BCUT2D eigenvalue weighted by molar-refractivity contribution is 0.927. The topological polar surface area (TPSA) is 75.6 Å². The van der Waals surface area contributed by atoms with Crippen molar-refractivity contribution in [1.82, 2.24) is 9.97 Å². The summed E-state index contributed by atoms with van der Waals surface area (Å²) in [5, 5.41) is 10.6. The molecule has 2 aromatic rings. The molecule has 0 saturated heterocycles. The van der Waals surface area contributed by atoms with Crippen LogP contribution >= 0.6 is 0 Å². The van der Waals surface area contributed by atoms with Crippen LogP contribution in [0.4, 0.5) is 0 Å². The van der Waals surface area contributed by atoms with E-state index in [-0.39, 0.29) is 0 Å². The molecule has 0 spiro atoms. The molecule has 2 rings (SSSR count). The molecule has 68 valence electrons. The molecule has 1 atom stereocenters. The molecule has 0 aliphatic heterocycles. The van der Waals surface area contributed by atoms with Crippen molar-refractivity contribution < 1.29 is 0 Å². The monoisotopic (exact) mass is 184 g/mol. The molecule has 2 N–H and O–H groups in total. The molecule has 4 nitrogen and oxygen atoms in total. The van der Waals surface area contributed by atoms with Crippen LogP contribution in [0.3, 0.4) is 0 Å². The maximum absolute atomic E-state index is 8.73. The van der Waals surface area contributed by atoms with E-state index in [4.69, 9.17) is 11.0 Å². The van der Waals surface area contributed by atoms with Crippen molar-refractivity contribution in [3.63, 3.8) is 0 Å². The summed E-state index contributed by atoms with van der Waals surface area (Å²) in [5.41, 5.74) is 6.38. The summed E-state index contributed by atoms with van der Waals surface area (Å²) in [4.78, 5) is 7.99. The maximum Gasteiger partial charge on any atom is 0.120 e. The minimum Gasteiger partial charge on any atom is -0.312 e. The quantitative estimate of drug-likeness (QED) is 0.721. The second-order valence-electron chi connectivity index (χ2n) is 2.93. The van der Waals surface area contributed by atoms with Gasteiger partial charge < -0.3 is 5.73 Å². The largest absolute Gasteiger partial charge is 0.312 e. The molecular weight excluding hydrogens is 176 g/mol. The van der Waals surface area contributed by atoms with Gasteiger partial charge in [-0.1, -0.05) is 0 Å². The molecule has 4 heteroatoms. The van der Waals surface area contributed by atoms with Gasteiger partial charge in [0.15, 0.2) is 0 Å². The molecule has 0 aliphatic rings. The average molecular weight is 184 g/mol. The minimum atomic E-state index is -0.631. The van der Waals surface area contributed by atoms with Crippen molar-refractivity contribution in [2.45, 2.75) is 6.04 Å². The predicted molar refractivity (Wildman–Crippen MR) is 52.1 cm³/mol. The highest BCUT2D eigenvalue weighted by atomic mass is 14.7. The summed E-state index contributed by atoms with van der Waals surface area (Å²) in [7, 11) is 0. The van der Waals surface area contributed by atoms with Crippen LogP contribution < -0.4 is 5.73 Å². The minimum absolute atomic E-state index is 0.631. The lowest BCUT2D eigenvalue weighted by Gasteiger charge is -2.05. The summed E-state index contributed by atoms with van der Waals surface area (Å²) >= 11 is 0. The van der Waals surface area contributed by atoms with Crippen LogP contribution in [-0.2, 0) is 0 Å². The lowest BCUT2D eigenvalue weighted by Crippen LogP contribution is -2.08. The fourth-order valence-corrected chi connectivity index (χ4v) is 1.36. The zero-order chi connectivity index (χ0) is 9.97. The number of rotatable bonds is 1. The van der Waals surface area contributed by atoms with E-state index >= 15 is 0 Å². The molecule has 1 unspecified atom stereocenters. The summed E-state index contributed by atoms with van der Waals surface area (Å²) in [5.74, 6) is 0. The molecule has 0 aromatic carbocycles. The van der Waals surface area contributed by atoms with E-state index in [1.165, 1.54) is 0 Å². The summed E-state index contributed by atoms with van der Waals surface area (Å²) in [6, 6.07) is 3.20. The van der Waals surface area contributed by atoms with Gasteiger partial charge in [0.1, 0.15) is 6.04 Å². The van der Waals surface area contributed by atoms with Crippen molar-refractivity contribution >= 4 is 10.8 Å². The van der Waals surface area contributed by atoms with Gasteiger partial charge in [-0.3, -0.25) is 9.97 Å². The molecule has 2 heterocycles. The summed E-state index contributed by atoms with van der Waals surface area (Å²) in [6.45, 7) is 0. The fourth-order valence-electron chi connectivity index (χ4n) is 1.36. The first-order valence-electron chi connectivity index (χ1n) is 4.16. The SMILES string of the molecule is N#CC(N)c1cncc2cnccc12. The van der Waals surface area contributed by atoms with Crippen LogP contribution in [-0.4, -0.2) is 9.97 Å². The Hall–Kier alpha value is -1.99. The summed E-state index contributed by atoms with van der Waals surface area (Å²) < 4.78 is 0. The van der Waals surface area contributed by atoms with E-state index in [0.717, 1.165) is 16.3 Å². The zero-order valence-electron chi connectivity index (χ0n) is 7.38. The first-order valence-corrected chi connectivity index (χ1v) is 4.16. The standard InChI is InChI=1S/C10H8N4/c11-3-10(12)9-6-14-5-7-4-13-2-1-8(7)9/h1-2,4-6,10H,12H2. The average Bonchev–Trinajstić information content (AvgIpc) is 2.27. The van der Waals surface area contributed by atoms with Crippen LogP contribution in [0, 0.1) is 11.3 Å². The molecule has 0 fully saturated rings. The predicted octanol–water partition coefficient (Wildman–Crippen LogP) is 1.15. The number of hydrogen-bond acceptors (Lipinski definition) is 4. The van der Waals surface area contributed by atoms with Crippen LogP contribution in [0.2, 0.25) is 0 Å². The number of hydrogen-bond donors (Lipinski definition) is 1. The van der Waals surface area contributed by atoms with E-state index in [0.29, 0.717) is 0 Å². The van der Waals surface area contributed by atoms with Crippen LogP contribution in [0.5, 0.6) is 0 Å². The van der Waals surface area contributed by atoms with Crippen LogP contribution in [0.25, 0.3) is 10.8 Å². The Kier molecular flexibility index (Phi) is 2.09. The van der Waals surface area contributed by atoms with E-state index < -0.39 is 6.04 Å². The molecule has 0 bridgehead atoms. The normalized spacial score (nSPS) is 12.3. The van der Waals surface area contributed by atoms with Crippen molar-refractivity contribution in [2.75, 3.05) is 0 Å². The van der Waals surface area contributed by atoms with Crippen LogP contribution in [0.15, 0.2) is 30.9 Å². The first kappa shape index (κ1) is 8.60. The Labute approximate surface area is 81.0 Å². The molecule has 0 radical (unpaired) electrons. The summed E-state index contributed by atoms with van der Waals surface area (Å²) in [6.07, 6.45) is 6.71. The Balaban J connectivity index is 2.72. The zero-order valence-corrected chi connectivity index (χ0v) is 7.38. The van der Waals surface area contributed by atoms with Crippen molar-refractivity contribution in [2.24, 2.45) is 5.73 Å². The fraction of sp³-hybridized carbons (Fsp3) is 0.100. The molecular formula is C10H8N4. The lowest BCUT2D eigenvalue weighted by atomic mass is 10.1. The molecule has 14 heavy (non-hydrogen) atoms. The van der Waals surface area contributed by atoms with Crippen molar-refractivity contribution in [3.05, 3.63) is 36.4 Å². The van der Waals surface area contributed by atoms with Crippen molar-refractivity contribution in [3.8, 4) is 6.07 Å². The van der Waals surface area contributed by atoms with Gasteiger partial charge in [-0.25, -0.2) is 0 Å². The van der Waals surface area contributed by atoms with Gasteiger partial charge in [-0.05, 0) is 11.5 Å². The van der Waals surface area contributed by atoms with Crippen LogP contribution in [0.1, 0.15) is 11.6 Å². The third-order valence-electron chi connectivity index (χ3n) is 2.06. The third-order valence-corrected chi connectivity index (χ3v) is 2.06. The van der Waals surface area contributed by atoms with Gasteiger partial charge in [0, 0.05) is 35.7 Å². The number of nitrogens with zero attached hydrogens (tertiary/aromatic N) is 3. The van der Waals surface area contributed by atoms with Gasteiger partial charge in [0.25, 0.3) is 0 Å². The van der Waals surface area contributed by atoms with Gasteiger partial charge in [0.2, 0.25) is 0 Å². The third kappa shape index (κ3) is 1.30. The van der Waals surface area contributed by atoms with Gasteiger partial charge in [0.05, 0.1) is 6.07 Å². The molecule has 0 amide bonds. The Bertz CT molecular complexity index is 495. The highest BCUT2D eigenvalue weighted by Gasteiger charge is 2.08. The molecule has 0 aliphatic carbocycles. The maximum atomic E-state index is 8.73. The number of pyridine rings is 2. The van der Waals surface area contributed by atoms with Gasteiger partial charge in [-0.2, -0.15) is 5.26 Å². The van der Waals surface area contributed by atoms with E-state index in [9.17, 15) is 0 Å². The van der Waals surface area contributed by atoms with Gasteiger partial charge >= 0.3 is 0 Å². The van der Waals surface area contributed by atoms with E-state index in [2.05, 4.69) is 9.97 Å². The number of nitriles is 1. The Morgan fingerprint density at radius 2 is 2.07 bits per heavy atom. The highest BCUT2D eigenvalue weighted by Crippen LogP contribution is 2.20. The second kappa shape index (κ2) is 3.40. The van der Waals surface area contributed by atoms with Gasteiger partial charge in [-0.15, -0.1) is 0 Å².